The number of aromatic nitrogens is 3. The quantitative estimate of drug-likeness (QED) is 0.291. The molecule has 40 heavy (non-hydrogen) atoms. The molecule has 0 saturated carbocycles. The van der Waals surface area contributed by atoms with E-state index in [2.05, 4.69) is 31.7 Å². The second-order valence-electron chi connectivity index (χ2n) is 10.1. The van der Waals surface area contributed by atoms with Crippen molar-refractivity contribution in [1.82, 2.24) is 14.5 Å². The Balaban J connectivity index is 1.17. The summed E-state index contributed by atoms with van der Waals surface area (Å²) < 4.78 is 7.88. The van der Waals surface area contributed by atoms with Gasteiger partial charge in [-0.05, 0) is 30.7 Å². The van der Waals surface area contributed by atoms with Gasteiger partial charge in [0.1, 0.15) is 18.1 Å². The molecule has 0 spiro atoms. The van der Waals surface area contributed by atoms with E-state index in [1.165, 1.54) is 0 Å². The van der Waals surface area contributed by atoms with Crippen molar-refractivity contribution < 1.29 is 14.3 Å². The lowest BCUT2D eigenvalue weighted by molar-refractivity contribution is -0.112. The molecule has 6 rings (SSSR count). The van der Waals surface area contributed by atoms with Gasteiger partial charge in [0.05, 0.1) is 11.7 Å². The van der Waals surface area contributed by atoms with Gasteiger partial charge in [-0.25, -0.2) is 9.97 Å². The van der Waals surface area contributed by atoms with Crippen molar-refractivity contribution in [2.75, 3.05) is 41.4 Å². The first-order chi connectivity index (χ1) is 19.4. The number of fused-ring (bicyclic) bond motifs is 3. The van der Waals surface area contributed by atoms with Crippen LogP contribution in [-0.2, 0) is 11.8 Å². The Hall–Kier alpha value is -4.92. The molecule has 1 atom stereocenters. The average Bonchev–Trinajstić information content (AvgIpc) is 3.30. The summed E-state index contributed by atoms with van der Waals surface area (Å²) in [6, 6.07) is 17.2. The highest BCUT2D eigenvalue weighted by Gasteiger charge is 2.34. The first-order valence-corrected chi connectivity index (χ1v) is 13.2. The molecule has 9 nitrogen and oxygen atoms in total. The van der Waals surface area contributed by atoms with Crippen LogP contribution in [0.5, 0.6) is 5.75 Å². The number of nitrogens with zero attached hydrogens (tertiary/aromatic N) is 5. The molecule has 1 fully saturated rings. The average molecular weight is 535 g/mol. The number of ketones is 1. The number of benzene rings is 2. The van der Waals surface area contributed by atoms with Crippen molar-refractivity contribution in [3.8, 4) is 16.9 Å². The third-order valence-electron chi connectivity index (χ3n) is 7.60. The van der Waals surface area contributed by atoms with Crippen molar-refractivity contribution in [3.63, 3.8) is 0 Å². The van der Waals surface area contributed by atoms with Gasteiger partial charge in [0, 0.05) is 67.7 Å². The number of Topliss-reactive ketones (excluding diaryl/α,β-unsaturated/α-hetero) is 1. The molecular weight excluding hydrogens is 504 g/mol. The van der Waals surface area contributed by atoms with Crippen LogP contribution in [0.4, 0.5) is 17.3 Å². The predicted molar refractivity (Wildman–Crippen MR) is 156 cm³/mol. The van der Waals surface area contributed by atoms with E-state index >= 15 is 0 Å². The Morgan fingerprint density at radius 2 is 1.85 bits per heavy atom. The van der Waals surface area contributed by atoms with Crippen LogP contribution < -0.4 is 19.9 Å². The van der Waals surface area contributed by atoms with Crippen molar-refractivity contribution in [1.29, 1.82) is 0 Å². The molecule has 4 heterocycles. The lowest BCUT2D eigenvalue weighted by atomic mass is 10.0. The Kier molecular flexibility index (Phi) is 6.55. The van der Waals surface area contributed by atoms with Crippen LogP contribution >= 0.6 is 0 Å². The molecule has 2 aromatic heterocycles. The molecule has 9 heteroatoms. The van der Waals surface area contributed by atoms with Crippen molar-refractivity contribution >= 4 is 35.1 Å². The number of carbonyl (C=O) groups is 2. The number of amides is 1. The first kappa shape index (κ1) is 25.4. The minimum atomic E-state index is -0.692. The molecule has 0 aliphatic carbocycles. The summed E-state index contributed by atoms with van der Waals surface area (Å²) in [5, 5.41) is 2.78. The van der Waals surface area contributed by atoms with Gasteiger partial charge in [-0.15, -0.1) is 0 Å². The van der Waals surface area contributed by atoms with E-state index in [0.717, 1.165) is 47.7 Å². The number of hydrogen-bond donors (Lipinski definition) is 1. The number of ether oxygens (including phenoxy) is 1. The molecule has 1 saturated heterocycles. The van der Waals surface area contributed by atoms with E-state index in [1.807, 2.05) is 55.5 Å². The summed E-state index contributed by atoms with van der Waals surface area (Å²) >= 11 is 0. The molecule has 2 aromatic carbocycles. The maximum absolute atomic E-state index is 13.3. The first-order valence-electron chi connectivity index (χ1n) is 13.2. The third kappa shape index (κ3) is 4.59. The van der Waals surface area contributed by atoms with Gasteiger partial charge in [0.15, 0.2) is 0 Å². The van der Waals surface area contributed by atoms with Crippen molar-refractivity contribution in [2.24, 2.45) is 7.05 Å². The molecule has 2 aliphatic heterocycles. The molecule has 0 bridgehead atoms. The van der Waals surface area contributed by atoms with Crippen LogP contribution in [0.15, 0.2) is 73.6 Å². The highest BCUT2D eigenvalue weighted by Crippen LogP contribution is 2.38. The fraction of sp³-hybridized carbons (Fsp3) is 0.226. The summed E-state index contributed by atoms with van der Waals surface area (Å²) in [4.78, 5) is 39.9. The molecular formula is C31H30N6O3. The number of rotatable bonds is 6. The number of piperazine rings is 1. The van der Waals surface area contributed by atoms with Gasteiger partial charge in [-0.3, -0.25) is 9.59 Å². The van der Waals surface area contributed by atoms with E-state index in [-0.39, 0.29) is 6.04 Å². The van der Waals surface area contributed by atoms with Crippen LogP contribution in [0.1, 0.15) is 21.7 Å². The topological polar surface area (TPSA) is 92.6 Å². The minimum absolute atomic E-state index is 0.142. The normalized spacial score (nSPS) is 16.0. The van der Waals surface area contributed by atoms with E-state index in [0.29, 0.717) is 29.7 Å². The van der Waals surface area contributed by atoms with E-state index < -0.39 is 11.7 Å². The zero-order valence-corrected chi connectivity index (χ0v) is 22.5. The van der Waals surface area contributed by atoms with Crippen LogP contribution in [0, 0.1) is 6.92 Å². The number of carbonyl (C=O) groups excluding carboxylic acids is 2. The van der Waals surface area contributed by atoms with Crippen LogP contribution in [0.25, 0.3) is 17.2 Å². The summed E-state index contributed by atoms with van der Waals surface area (Å²) in [5.74, 6) is 0.0968. The Labute approximate surface area is 232 Å². The summed E-state index contributed by atoms with van der Waals surface area (Å²) in [6.07, 6.45) is 5.28. The predicted octanol–water partition coefficient (Wildman–Crippen LogP) is 4.34. The van der Waals surface area contributed by atoms with Crippen molar-refractivity contribution in [2.45, 2.75) is 13.0 Å². The van der Waals surface area contributed by atoms with Gasteiger partial charge in [-0.2, -0.15) is 0 Å². The van der Waals surface area contributed by atoms with Gasteiger partial charge in [0.25, 0.3) is 11.7 Å². The highest BCUT2D eigenvalue weighted by molar-refractivity contribution is 6.47. The maximum Gasteiger partial charge on any atom is 0.298 e. The van der Waals surface area contributed by atoms with E-state index in [1.54, 1.807) is 36.2 Å². The van der Waals surface area contributed by atoms with Gasteiger partial charge < -0.3 is 24.4 Å². The SMILES string of the molecule is C=Cc1cnc(N2CCN3c4ccc(NC(=O)C(=O)c5c(-c6ccccc6)cc(C)n5C)cc4OC[C@H]3C2)nc1. The van der Waals surface area contributed by atoms with Crippen LogP contribution in [0.2, 0.25) is 0 Å². The highest BCUT2D eigenvalue weighted by atomic mass is 16.5. The second-order valence-corrected chi connectivity index (χ2v) is 10.1. The number of aryl methyl sites for hydroxylation is 1. The maximum atomic E-state index is 13.3. The van der Waals surface area contributed by atoms with E-state index in [4.69, 9.17) is 4.74 Å². The van der Waals surface area contributed by atoms with Crippen molar-refractivity contribution in [3.05, 3.63) is 90.5 Å². The summed E-state index contributed by atoms with van der Waals surface area (Å²) in [5.41, 5.74) is 5.25. The Bertz CT molecular complexity index is 1600. The number of hydrogen-bond acceptors (Lipinski definition) is 7. The van der Waals surface area contributed by atoms with Gasteiger partial charge in [-0.1, -0.05) is 43.0 Å². The Morgan fingerprint density at radius 1 is 1.07 bits per heavy atom. The number of nitrogens with one attached hydrogen (secondary N) is 1. The zero-order valence-electron chi connectivity index (χ0n) is 22.5. The summed E-state index contributed by atoms with van der Waals surface area (Å²) in [6.45, 7) is 8.46. The summed E-state index contributed by atoms with van der Waals surface area (Å²) in [7, 11) is 1.80. The molecule has 1 amide bonds. The molecule has 0 unspecified atom stereocenters. The smallest absolute Gasteiger partial charge is 0.298 e. The molecule has 2 aliphatic rings. The van der Waals surface area contributed by atoms with Crippen LogP contribution in [0.3, 0.4) is 0 Å². The second kappa shape index (κ2) is 10.3. The largest absolute Gasteiger partial charge is 0.489 e. The van der Waals surface area contributed by atoms with E-state index in [9.17, 15) is 9.59 Å². The van der Waals surface area contributed by atoms with Gasteiger partial charge in [0.2, 0.25) is 5.95 Å². The molecule has 0 radical (unpaired) electrons. The fourth-order valence-electron chi connectivity index (χ4n) is 5.37. The minimum Gasteiger partial charge on any atom is -0.489 e. The zero-order chi connectivity index (χ0) is 27.8. The third-order valence-corrected chi connectivity index (χ3v) is 7.60. The fourth-order valence-corrected chi connectivity index (χ4v) is 5.37. The standard InChI is InChI=1S/C31H30N6O3/c1-4-21-16-32-31(33-17-21)36-12-13-37-24(18-36)19-40-27-15-23(10-11-26(27)37)34-30(39)29(38)28-25(14-20(2)35(28)3)22-8-6-5-7-9-22/h4-11,14-17,24H,1,12-13,18-19H2,2-3H3,(H,34,39)/t24-/m1/s1. The molecule has 4 aromatic rings. The van der Waals surface area contributed by atoms with Crippen LogP contribution in [-0.4, -0.2) is 58.5 Å². The molecule has 202 valence electrons. The molecule has 1 N–H and O–H groups in total. The lowest BCUT2D eigenvalue weighted by Gasteiger charge is -2.45. The number of anilines is 3. The monoisotopic (exact) mass is 534 g/mol. The Morgan fingerprint density at radius 3 is 2.60 bits per heavy atom. The lowest BCUT2D eigenvalue weighted by Crippen LogP contribution is -2.57. The van der Waals surface area contributed by atoms with Gasteiger partial charge >= 0.3 is 0 Å².